The second kappa shape index (κ2) is 5.15. The van der Waals surface area contributed by atoms with Gasteiger partial charge in [-0.05, 0) is 12.8 Å². The fourth-order valence-corrected chi connectivity index (χ4v) is 3.20. The maximum absolute atomic E-state index is 12.1. The van der Waals surface area contributed by atoms with Crippen LogP contribution in [0.3, 0.4) is 0 Å². The Morgan fingerprint density at radius 3 is 2.94 bits per heavy atom. The van der Waals surface area contributed by atoms with E-state index in [4.69, 9.17) is 11.6 Å². The van der Waals surface area contributed by atoms with Crippen LogP contribution in [0.4, 0.5) is 0 Å². The zero-order valence-electron chi connectivity index (χ0n) is 9.23. The average Bonchev–Trinajstić information content (AvgIpc) is 2.81. The van der Waals surface area contributed by atoms with Crippen molar-refractivity contribution in [3.63, 3.8) is 0 Å². The van der Waals surface area contributed by atoms with E-state index in [-0.39, 0.29) is 17.3 Å². The van der Waals surface area contributed by atoms with Crippen molar-refractivity contribution in [3.05, 3.63) is 16.6 Å². The van der Waals surface area contributed by atoms with Gasteiger partial charge in [-0.25, -0.2) is 0 Å². The first kappa shape index (κ1) is 11.9. The molecule has 1 aliphatic carbocycles. The van der Waals surface area contributed by atoms with Gasteiger partial charge in [-0.3, -0.25) is 9.78 Å². The first-order valence-corrected chi connectivity index (χ1v) is 6.81. The molecule has 1 heterocycles. The molecule has 2 atom stereocenters. The Hall–Kier alpha value is -0.610. The second-order valence-electron chi connectivity index (χ2n) is 4.15. The summed E-state index contributed by atoms with van der Waals surface area (Å²) in [5.74, 6) is 0.0417. The highest BCUT2D eigenvalue weighted by molar-refractivity contribution is 7.11. The number of rotatable bonds is 2. The molecule has 1 aromatic rings. The summed E-state index contributed by atoms with van der Waals surface area (Å²) in [5.41, 5.74) is 1.68. The zero-order chi connectivity index (χ0) is 11.5. The van der Waals surface area contributed by atoms with E-state index in [1.54, 1.807) is 16.6 Å². The lowest BCUT2D eigenvalue weighted by Gasteiger charge is -2.34. The van der Waals surface area contributed by atoms with E-state index in [9.17, 15) is 4.79 Å². The molecule has 0 spiro atoms. The van der Waals surface area contributed by atoms with Gasteiger partial charge in [-0.2, -0.15) is 0 Å². The summed E-state index contributed by atoms with van der Waals surface area (Å²) >= 11 is 7.66. The minimum Gasteiger partial charge on any atom is -0.336 e. The molecule has 1 amide bonds. The number of carbonyl (C=O) groups excluding carboxylic acids is 1. The van der Waals surface area contributed by atoms with Crippen LogP contribution in [0.2, 0.25) is 0 Å². The van der Waals surface area contributed by atoms with E-state index in [0.29, 0.717) is 4.88 Å². The van der Waals surface area contributed by atoms with Crippen molar-refractivity contribution in [2.75, 3.05) is 7.05 Å². The van der Waals surface area contributed by atoms with Crippen LogP contribution in [0.5, 0.6) is 0 Å². The van der Waals surface area contributed by atoms with Crippen LogP contribution in [-0.4, -0.2) is 34.3 Å². The molecule has 0 radical (unpaired) electrons. The molecule has 0 aromatic carbocycles. The fourth-order valence-electron chi connectivity index (χ4n) is 2.15. The van der Waals surface area contributed by atoms with Crippen molar-refractivity contribution >= 4 is 28.8 Å². The van der Waals surface area contributed by atoms with Gasteiger partial charge >= 0.3 is 0 Å². The lowest BCUT2D eigenvalue weighted by molar-refractivity contribution is 0.0705. The Labute approximate surface area is 104 Å². The largest absolute Gasteiger partial charge is 0.336 e. The van der Waals surface area contributed by atoms with Gasteiger partial charge in [-0.1, -0.05) is 12.8 Å². The number of amides is 1. The number of carbonyl (C=O) groups is 1. The fraction of sp³-hybridized carbons (Fsp3) is 0.636. The molecule has 2 rings (SSSR count). The molecule has 1 saturated carbocycles. The molecule has 2 unspecified atom stereocenters. The lowest BCUT2D eigenvalue weighted by Crippen LogP contribution is -2.44. The summed E-state index contributed by atoms with van der Waals surface area (Å²) in [6.07, 6.45) is 5.97. The molecule has 1 aliphatic rings. The number of hydrogen-bond donors (Lipinski definition) is 0. The van der Waals surface area contributed by atoms with Gasteiger partial charge in [0, 0.05) is 13.1 Å². The number of nitrogens with zero attached hydrogens (tertiary/aromatic N) is 2. The Bertz CT molecular complexity index is 355. The van der Waals surface area contributed by atoms with Gasteiger partial charge < -0.3 is 4.90 Å². The Balaban J connectivity index is 2.06. The molecule has 5 heteroatoms. The molecule has 3 nitrogen and oxygen atoms in total. The number of thiazole rings is 1. The molecular weight excluding hydrogens is 244 g/mol. The average molecular weight is 259 g/mol. The highest BCUT2D eigenvalue weighted by atomic mass is 35.5. The van der Waals surface area contributed by atoms with Crippen LogP contribution in [0.15, 0.2) is 11.7 Å². The van der Waals surface area contributed by atoms with Crippen LogP contribution in [0, 0.1) is 0 Å². The predicted octanol–water partition coefficient (Wildman–Crippen LogP) is 2.77. The van der Waals surface area contributed by atoms with Crippen LogP contribution >= 0.6 is 22.9 Å². The molecule has 1 fully saturated rings. The summed E-state index contributed by atoms with van der Waals surface area (Å²) in [5, 5.41) is 0.0932. The van der Waals surface area contributed by atoms with Gasteiger partial charge in [0.2, 0.25) is 0 Å². The smallest absolute Gasteiger partial charge is 0.265 e. The normalized spacial score (nSPS) is 25.4. The second-order valence-corrected chi connectivity index (χ2v) is 5.60. The molecule has 0 saturated heterocycles. The van der Waals surface area contributed by atoms with Gasteiger partial charge in [-0.15, -0.1) is 22.9 Å². The first-order chi connectivity index (χ1) is 7.70. The van der Waals surface area contributed by atoms with Gasteiger partial charge in [0.15, 0.2) is 0 Å². The molecular formula is C11H15ClN2OS. The number of hydrogen-bond acceptors (Lipinski definition) is 3. The highest BCUT2D eigenvalue weighted by Gasteiger charge is 2.30. The third-order valence-corrected chi connectivity index (χ3v) is 4.38. The minimum atomic E-state index is 0.0417. The SMILES string of the molecule is CN(C(=O)c1cncs1)C1CCCCC1Cl. The third kappa shape index (κ3) is 2.38. The van der Waals surface area contributed by atoms with E-state index < -0.39 is 0 Å². The Morgan fingerprint density at radius 1 is 1.56 bits per heavy atom. The molecule has 88 valence electrons. The van der Waals surface area contributed by atoms with E-state index in [1.165, 1.54) is 17.8 Å². The van der Waals surface area contributed by atoms with E-state index in [1.807, 2.05) is 7.05 Å². The topological polar surface area (TPSA) is 33.2 Å². The van der Waals surface area contributed by atoms with Gasteiger partial charge in [0.1, 0.15) is 4.88 Å². The number of halogens is 1. The maximum atomic E-state index is 12.1. The molecule has 0 N–H and O–H groups in total. The summed E-state index contributed by atoms with van der Waals surface area (Å²) in [6.45, 7) is 0. The minimum absolute atomic E-state index is 0.0417. The summed E-state index contributed by atoms with van der Waals surface area (Å²) in [6, 6.07) is 0.171. The van der Waals surface area contributed by atoms with Crippen LogP contribution in [0.1, 0.15) is 35.4 Å². The third-order valence-electron chi connectivity index (χ3n) is 3.11. The van der Waals surface area contributed by atoms with Crippen molar-refractivity contribution in [2.45, 2.75) is 37.1 Å². The summed E-state index contributed by atoms with van der Waals surface area (Å²) < 4.78 is 0. The standard InChI is InChI=1S/C11H15ClN2OS/c1-14(9-5-3-2-4-8(9)12)11(15)10-6-13-7-16-10/h6-9H,2-5H2,1H3. The molecule has 0 bridgehead atoms. The Kier molecular flexibility index (Phi) is 3.82. The molecule has 1 aromatic heterocycles. The highest BCUT2D eigenvalue weighted by Crippen LogP contribution is 2.27. The lowest BCUT2D eigenvalue weighted by atomic mass is 9.94. The van der Waals surface area contributed by atoms with E-state index in [0.717, 1.165) is 19.3 Å². The number of aromatic nitrogens is 1. The van der Waals surface area contributed by atoms with Crippen LogP contribution in [-0.2, 0) is 0 Å². The molecule has 0 aliphatic heterocycles. The van der Waals surface area contributed by atoms with Gasteiger partial charge in [0.05, 0.1) is 17.1 Å². The maximum Gasteiger partial charge on any atom is 0.265 e. The molecule has 16 heavy (non-hydrogen) atoms. The Morgan fingerprint density at radius 2 is 2.31 bits per heavy atom. The van der Waals surface area contributed by atoms with Crippen molar-refractivity contribution in [1.29, 1.82) is 0 Å². The van der Waals surface area contributed by atoms with Crippen LogP contribution in [0.25, 0.3) is 0 Å². The first-order valence-electron chi connectivity index (χ1n) is 5.50. The van der Waals surface area contributed by atoms with Crippen molar-refractivity contribution in [1.82, 2.24) is 9.88 Å². The van der Waals surface area contributed by atoms with Crippen molar-refractivity contribution < 1.29 is 4.79 Å². The quantitative estimate of drug-likeness (QED) is 0.765. The van der Waals surface area contributed by atoms with Gasteiger partial charge in [0.25, 0.3) is 5.91 Å². The summed E-state index contributed by atoms with van der Waals surface area (Å²) in [4.78, 5) is 18.5. The number of alkyl halides is 1. The van der Waals surface area contributed by atoms with Crippen LogP contribution < -0.4 is 0 Å². The van der Waals surface area contributed by atoms with Crippen molar-refractivity contribution in [3.8, 4) is 0 Å². The zero-order valence-corrected chi connectivity index (χ0v) is 10.8. The monoisotopic (exact) mass is 258 g/mol. The van der Waals surface area contributed by atoms with E-state index >= 15 is 0 Å². The van der Waals surface area contributed by atoms with E-state index in [2.05, 4.69) is 4.98 Å². The summed E-state index contributed by atoms with van der Waals surface area (Å²) in [7, 11) is 1.84. The predicted molar refractivity (Wildman–Crippen MR) is 66.1 cm³/mol. The van der Waals surface area contributed by atoms with Crippen molar-refractivity contribution in [2.24, 2.45) is 0 Å².